The molecule has 3 rings (SSSR count). The van der Waals surface area contributed by atoms with E-state index in [-0.39, 0.29) is 5.84 Å². The van der Waals surface area contributed by atoms with Gasteiger partial charge in [-0.25, -0.2) is 9.97 Å². The summed E-state index contributed by atoms with van der Waals surface area (Å²) in [6.45, 7) is 1.79. The lowest BCUT2D eigenvalue weighted by Gasteiger charge is -2.22. The minimum atomic E-state index is -0.0587. The van der Waals surface area contributed by atoms with Crippen LogP contribution in [0.4, 0.5) is 5.82 Å². The van der Waals surface area contributed by atoms with Gasteiger partial charge in [-0.15, -0.1) is 0 Å². The summed E-state index contributed by atoms with van der Waals surface area (Å²) in [7, 11) is 0. The molecule has 1 aromatic heterocycles. The minimum Gasteiger partial charge on any atom is -0.491 e. The summed E-state index contributed by atoms with van der Waals surface area (Å²) < 4.78 is 5.73. The van der Waals surface area contributed by atoms with E-state index in [1.807, 2.05) is 29.2 Å². The Morgan fingerprint density at radius 1 is 1.29 bits per heavy atom. The number of aromatic nitrogens is 2. The highest BCUT2D eigenvalue weighted by Crippen LogP contribution is 2.26. The van der Waals surface area contributed by atoms with Gasteiger partial charge in [-0.3, -0.25) is 0 Å². The number of nitrogens with two attached hydrogens (primary N) is 1. The van der Waals surface area contributed by atoms with Crippen molar-refractivity contribution >= 4 is 11.7 Å². The monoisotopic (exact) mass is 285 g/mol. The number of para-hydroxylation sites is 1. The maximum atomic E-state index is 8.88. The molecule has 1 aliphatic heterocycles. The molecule has 108 valence electrons. The molecule has 0 atom stereocenters. The molecule has 2 heterocycles. The standard InChI is InChI=1S/C14H15N5O2/c15-13(18-20)12-14(17-6-5-16-12)19-7-8-21-11-4-2-1-3-10(11)9-19/h1-6,20H,7-9H2,(H2,15,18). The predicted octanol–water partition coefficient (Wildman–Crippen LogP) is 0.970. The predicted molar refractivity (Wildman–Crippen MR) is 77.5 cm³/mol. The quantitative estimate of drug-likeness (QED) is 0.369. The molecule has 3 N–H and O–H groups in total. The molecule has 0 saturated carbocycles. The van der Waals surface area contributed by atoms with Gasteiger partial charge in [0.2, 0.25) is 0 Å². The van der Waals surface area contributed by atoms with E-state index in [1.165, 1.54) is 6.20 Å². The van der Waals surface area contributed by atoms with Crippen molar-refractivity contribution in [3.63, 3.8) is 0 Å². The van der Waals surface area contributed by atoms with Gasteiger partial charge in [-0.2, -0.15) is 0 Å². The molecule has 0 fully saturated rings. The summed E-state index contributed by atoms with van der Waals surface area (Å²) in [5, 5.41) is 11.9. The van der Waals surface area contributed by atoms with E-state index in [4.69, 9.17) is 15.7 Å². The number of fused-ring (bicyclic) bond motifs is 1. The largest absolute Gasteiger partial charge is 0.491 e. The van der Waals surface area contributed by atoms with Crippen LogP contribution in [0.3, 0.4) is 0 Å². The Bertz CT molecular complexity index is 674. The topological polar surface area (TPSA) is 96.9 Å². The third-order valence-electron chi connectivity index (χ3n) is 3.28. The van der Waals surface area contributed by atoms with Crippen molar-refractivity contribution in [3.05, 3.63) is 47.9 Å². The van der Waals surface area contributed by atoms with E-state index in [0.29, 0.717) is 31.2 Å². The molecule has 0 saturated heterocycles. The Balaban J connectivity index is 1.98. The molecule has 0 bridgehead atoms. The smallest absolute Gasteiger partial charge is 0.192 e. The lowest BCUT2D eigenvalue weighted by molar-refractivity contribution is 0.318. The molecule has 0 spiro atoms. The molecular weight excluding hydrogens is 270 g/mol. The van der Waals surface area contributed by atoms with Gasteiger partial charge in [0, 0.05) is 24.5 Å². The van der Waals surface area contributed by atoms with Crippen LogP contribution in [-0.4, -0.2) is 34.2 Å². The van der Waals surface area contributed by atoms with Crippen LogP contribution in [0.1, 0.15) is 11.3 Å². The lowest BCUT2D eigenvalue weighted by Crippen LogP contribution is -2.30. The van der Waals surface area contributed by atoms with Crippen LogP contribution >= 0.6 is 0 Å². The fraction of sp³-hybridized carbons (Fsp3) is 0.214. The Kier molecular flexibility index (Phi) is 3.55. The average Bonchev–Trinajstić information content (AvgIpc) is 2.76. The SMILES string of the molecule is NC(=NO)c1nccnc1N1CCOc2ccccc2C1. The van der Waals surface area contributed by atoms with Crippen molar-refractivity contribution in [2.45, 2.75) is 6.54 Å². The zero-order valence-corrected chi connectivity index (χ0v) is 11.3. The Labute approximate surface area is 121 Å². The fourth-order valence-corrected chi connectivity index (χ4v) is 2.30. The van der Waals surface area contributed by atoms with Crippen LogP contribution < -0.4 is 15.4 Å². The van der Waals surface area contributed by atoms with E-state index < -0.39 is 0 Å². The first kappa shape index (κ1) is 13.2. The molecule has 0 radical (unpaired) electrons. The molecule has 21 heavy (non-hydrogen) atoms. The Hall–Kier alpha value is -2.83. The molecule has 1 aromatic carbocycles. The molecule has 0 unspecified atom stereocenters. The molecule has 0 amide bonds. The fourth-order valence-electron chi connectivity index (χ4n) is 2.30. The number of nitrogens with zero attached hydrogens (tertiary/aromatic N) is 4. The van der Waals surface area contributed by atoms with Gasteiger partial charge in [-0.05, 0) is 6.07 Å². The maximum absolute atomic E-state index is 8.88. The summed E-state index contributed by atoms with van der Waals surface area (Å²) in [5.41, 5.74) is 7.10. The van der Waals surface area contributed by atoms with Gasteiger partial charge >= 0.3 is 0 Å². The highest BCUT2D eigenvalue weighted by atomic mass is 16.5. The van der Waals surface area contributed by atoms with Gasteiger partial charge in [0.15, 0.2) is 17.3 Å². The van der Waals surface area contributed by atoms with Gasteiger partial charge in [0.05, 0.1) is 6.54 Å². The van der Waals surface area contributed by atoms with Crippen molar-refractivity contribution < 1.29 is 9.94 Å². The third-order valence-corrected chi connectivity index (χ3v) is 3.28. The molecule has 2 aromatic rings. The second-order valence-corrected chi connectivity index (χ2v) is 4.59. The maximum Gasteiger partial charge on any atom is 0.192 e. The highest BCUT2D eigenvalue weighted by molar-refractivity contribution is 5.99. The minimum absolute atomic E-state index is 0.0587. The van der Waals surface area contributed by atoms with Crippen LogP contribution in [0.5, 0.6) is 5.75 Å². The summed E-state index contributed by atoms with van der Waals surface area (Å²) in [5.74, 6) is 1.39. The van der Waals surface area contributed by atoms with E-state index in [9.17, 15) is 0 Å². The van der Waals surface area contributed by atoms with Crippen LogP contribution in [0.25, 0.3) is 0 Å². The number of hydrogen-bond donors (Lipinski definition) is 2. The zero-order chi connectivity index (χ0) is 14.7. The number of ether oxygens (including phenoxy) is 1. The lowest BCUT2D eigenvalue weighted by atomic mass is 10.2. The molecule has 0 aliphatic carbocycles. The molecule has 7 heteroatoms. The number of anilines is 1. The van der Waals surface area contributed by atoms with Gasteiger partial charge in [0.1, 0.15) is 12.4 Å². The van der Waals surface area contributed by atoms with Crippen LogP contribution in [0.15, 0.2) is 41.8 Å². The summed E-state index contributed by atoms with van der Waals surface area (Å²) >= 11 is 0. The Morgan fingerprint density at radius 2 is 2.10 bits per heavy atom. The number of rotatable bonds is 2. The first-order chi connectivity index (χ1) is 10.3. The van der Waals surface area contributed by atoms with Crippen molar-refractivity contribution in [1.29, 1.82) is 0 Å². The number of hydrogen-bond acceptors (Lipinski definition) is 6. The highest BCUT2D eigenvalue weighted by Gasteiger charge is 2.20. The molecule has 1 aliphatic rings. The molecular formula is C14H15N5O2. The molecule has 7 nitrogen and oxygen atoms in total. The van der Waals surface area contributed by atoms with Crippen LogP contribution in [-0.2, 0) is 6.54 Å². The number of amidine groups is 1. The van der Waals surface area contributed by atoms with Crippen molar-refractivity contribution in [1.82, 2.24) is 9.97 Å². The van der Waals surface area contributed by atoms with Crippen molar-refractivity contribution in [3.8, 4) is 5.75 Å². The normalized spacial score (nSPS) is 15.0. The summed E-state index contributed by atoms with van der Waals surface area (Å²) in [6.07, 6.45) is 3.10. The van der Waals surface area contributed by atoms with Crippen molar-refractivity contribution in [2.24, 2.45) is 10.9 Å². The first-order valence-corrected chi connectivity index (χ1v) is 6.54. The van der Waals surface area contributed by atoms with Crippen LogP contribution in [0, 0.1) is 0 Å². The van der Waals surface area contributed by atoms with Gasteiger partial charge < -0.3 is 20.6 Å². The average molecular weight is 285 g/mol. The third kappa shape index (κ3) is 2.58. The van der Waals surface area contributed by atoms with Gasteiger partial charge in [-0.1, -0.05) is 23.4 Å². The summed E-state index contributed by atoms with van der Waals surface area (Å²) in [6, 6.07) is 7.86. The van der Waals surface area contributed by atoms with Crippen molar-refractivity contribution in [2.75, 3.05) is 18.1 Å². The summed E-state index contributed by atoms with van der Waals surface area (Å²) in [4.78, 5) is 10.5. The van der Waals surface area contributed by atoms with Gasteiger partial charge in [0.25, 0.3) is 0 Å². The second-order valence-electron chi connectivity index (χ2n) is 4.59. The number of benzene rings is 1. The van der Waals surface area contributed by atoms with Crippen LogP contribution in [0.2, 0.25) is 0 Å². The number of oxime groups is 1. The van der Waals surface area contributed by atoms with E-state index >= 15 is 0 Å². The van der Waals surface area contributed by atoms with E-state index in [2.05, 4.69) is 15.1 Å². The first-order valence-electron chi connectivity index (χ1n) is 6.54. The Morgan fingerprint density at radius 3 is 2.95 bits per heavy atom. The van der Waals surface area contributed by atoms with E-state index in [1.54, 1.807) is 6.20 Å². The second kappa shape index (κ2) is 5.66. The van der Waals surface area contributed by atoms with E-state index in [0.717, 1.165) is 11.3 Å². The zero-order valence-electron chi connectivity index (χ0n) is 11.3.